The van der Waals surface area contributed by atoms with Gasteiger partial charge in [0.1, 0.15) is 5.00 Å². The number of allylic oxidation sites excluding steroid dienone is 2. The molecule has 1 aromatic rings. The van der Waals surface area contributed by atoms with E-state index in [2.05, 4.69) is 5.32 Å². The number of aliphatic carboxylic acids is 1. The van der Waals surface area contributed by atoms with E-state index in [1.807, 2.05) is 20.8 Å². The molecule has 1 aromatic heterocycles. The molecule has 0 fully saturated rings. The normalized spacial score (nSPS) is 20.0. The van der Waals surface area contributed by atoms with E-state index in [9.17, 15) is 19.5 Å². The highest BCUT2D eigenvalue weighted by atomic mass is 32.1. The van der Waals surface area contributed by atoms with Gasteiger partial charge >= 0.3 is 11.9 Å². The molecule has 0 aromatic carbocycles. The maximum absolute atomic E-state index is 12.8. The third-order valence-electron chi connectivity index (χ3n) is 4.84. The summed E-state index contributed by atoms with van der Waals surface area (Å²) in [6.45, 7) is 5.87. The Kier molecular flexibility index (Phi) is 6.58. The molecule has 2 rings (SSSR count). The Labute approximate surface area is 157 Å². The summed E-state index contributed by atoms with van der Waals surface area (Å²) in [5.41, 5.74) is 2.40. The number of ether oxygens (including phenoxy) is 1. The van der Waals surface area contributed by atoms with Gasteiger partial charge in [0.2, 0.25) is 5.91 Å². The molecule has 1 amide bonds. The van der Waals surface area contributed by atoms with Crippen LogP contribution < -0.4 is 5.32 Å². The van der Waals surface area contributed by atoms with Gasteiger partial charge < -0.3 is 15.2 Å². The van der Waals surface area contributed by atoms with Gasteiger partial charge in [-0.1, -0.05) is 24.5 Å². The van der Waals surface area contributed by atoms with Gasteiger partial charge in [-0.15, -0.1) is 11.3 Å². The second kappa shape index (κ2) is 8.49. The summed E-state index contributed by atoms with van der Waals surface area (Å²) >= 11 is 1.34. The number of aryl methyl sites for hydroxylation is 1. The molecule has 142 valence electrons. The van der Waals surface area contributed by atoms with Gasteiger partial charge in [-0.2, -0.15) is 0 Å². The van der Waals surface area contributed by atoms with Crippen molar-refractivity contribution in [3.8, 4) is 0 Å². The zero-order valence-corrected chi connectivity index (χ0v) is 16.4. The molecule has 26 heavy (non-hydrogen) atoms. The monoisotopic (exact) mass is 379 g/mol. The Hall–Kier alpha value is -2.15. The standard InChI is InChI=1S/C19H25NO5S/c1-5-6-12-9-15(19(24)25-4)17(26-12)20-16(21)13-7-10(2)11(3)8-14(13)18(22)23/h9,13-14H,5-8H2,1-4H3,(H,20,21)(H,22,23)/t13-,14-/m1/s1. The van der Waals surface area contributed by atoms with Crippen LogP contribution >= 0.6 is 11.3 Å². The highest BCUT2D eigenvalue weighted by Crippen LogP contribution is 2.36. The minimum Gasteiger partial charge on any atom is -0.481 e. The van der Waals surface area contributed by atoms with Crippen LogP contribution in [0.5, 0.6) is 0 Å². The fraction of sp³-hybridized carbons (Fsp3) is 0.526. The van der Waals surface area contributed by atoms with Gasteiger partial charge in [0.25, 0.3) is 0 Å². The number of anilines is 1. The quantitative estimate of drug-likeness (QED) is 0.578. The third kappa shape index (κ3) is 4.33. The fourth-order valence-electron chi connectivity index (χ4n) is 3.20. The van der Waals surface area contributed by atoms with Crippen molar-refractivity contribution >= 4 is 34.2 Å². The largest absolute Gasteiger partial charge is 0.481 e. The van der Waals surface area contributed by atoms with Crippen molar-refractivity contribution in [2.45, 2.75) is 46.5 Å². The summed E-state index contributed by atoms with van der Waals surface area (Å²) in [6.07, 6.45) is 2.50. The SMILES string of the molecule is CCCc1cc(C(=O)OC)c(NC(=O)[C@@H]2CC(C)=C(C)C[C@H]2C(=O)O)s1. The van der Waals surface area contributed by atoms with Crippen LogP contribution in [0.4, 0.5) is 5.00 Å². The second-order valence-corrected chi connectivity index (χ2v) is 7.84. The molecule has 1 aliphatic carbocycles. The predicted molar refractivity (Wildman–Crippen MR) is 101 cm³/mol. The number of hydrogen-bond acceptors (Lipinski definition) is 5. The van der Waals surface area contributed by atoms with E-state index in [0.29, 0.717) is 23.4 Å². The molecule has 0 radical (unpaired) electrons. The summed E-state index contributed by atoms with van der Waals surface area (Å²) in [6, 6.07) is 1.74. The summed E-state index contributed by atoms with van der Waals surface area (Å²) in [4.78, 5) is 37.4. The Bertz CT molecular complexity index is 749. The van der Waals surface area contributed by atoms with Crippen molar-refractivity contribution in [2.24, 2.45) is 11.8 Å². The first-order valence-electron chi connectivity index (χ1n) is 8.68. The van der Waals surface area contributed by atoms with E-state index in [1.165, 1.54) is 18.4 Å². The van der Waals surface area contributed by atoms with Crippen LogP contribution in [0.1, 0.15) is 55.3 Å². The molecule has 1 heterocycles. The summed E-state index contributed by atoms with van der Waals surface area (Å²) < 4.78 is 4.80. The van der Waals surface area contributed by atoms with Crippen molar-refractivity contribution in [1.82, 2.24) is 0 Å². The topological polar surface area (TPSA) is 92.7 Å². The zero-order valence-electron chi connectivity index (χ0n) is 15.5. The molecule has 2 atom stereocenters. The lowest BCUT2D eigenvalue weighted by atomic mass is 9.76. The average molecular weight is 379 g/mol. The van der Waals surface area contributed by atoms with Gasteiger partial charge in [-0.05, 0) is 39.2 Å². The highest BCUT2D eigenvalue weighted by molar-refractivity contribution is 7.16. The van der Waals surface area contributed by atoms with Crippen LogP contribution in [-0.4, -0.2) is 30.1 Å². The zero-order chi connectivity index (χ0) is 19.4. The smallest absolute Gasteiger partial charge is 0.340 e. The summed E-state index contributed by atoms with van der Waals surface area (Å²) in [5.74, 6) is -3.25. The van der Waals surface area contributed by atoms with Crippen molar-refractivity contribution in [3.63, 3.8) is 0 Å². The Balaban J connectivity index is 2.28. The van der Waals surface area contributed by atoms with Crippen LogP contribution in [0.2, 0.25) is 0 Å². The number of carboxylic acid groups (broad SMARTS) is 1. The van der Waals surface area contributed by atoms with Crippen molar-refractivity contribution in [3.05, 3.63) is 27.7 Å². The van der Waals surface area contributed by atoms with E-state index >= 15 is 0 Å². The molecule has 0 spiro atoms. The lowest BCUT2D eigenvalue weighted by molar-refractivity contribution is -0.146. The maximum atomic E-state index is 12.8. The second-order valence-electron chi connectivity index (χ2n) is 6.71. The molecular weight excluding hydrogens is 354 g/mol. The number of amides is 1. The van der Waals surface area contributed by atoms with E-state index in [1.54, 1.807) is 6.07 Å². The number of nitrogens with one attached hydrogen (secondary N) is 1. The van der Waals surface area contributed by atoms with Gasteiger partial charge in [-0.25, -0.2) is 4.79 Å². The number of carboxylic acids is 1. The van der Waals surface area contributed by atoms with Crippen LogP contribution in [0.25, 0.3) is 0 Å². The molecule has 7 heteroatoms. The van der Waals surface area contributed by atoms with Gasteiger partial charge in [0.05, 0.1) is 24.5 Å². The molecule has 2 N–H and O–H groups in total. The molecule has 6 nitrogen and oxygen atoms in total. The first-order chi connectivity index (χ1) is 12.3. The van der Waals surface area contributed by atoms with Gasteiger partial charge in [0, 0.05) is 4.88 Å². The lowest BCUT2D eigenvalue weighted by Crippen LogP contribution is -2.36. The number of hydrogen-bond donors (Lipinski definition) is 2. The summed E-state index contributed by atoms with van der Waals surface area (Å²) in [5, 5.41) is 12.7. The first-order valence-corrected chi connectivity index (χ1v) is 9.50. The highest BCUT2D eigenvalue weighted by Gasteiger charge is 2.37. The first kappa shape index (κ1) is 20.2. The fourth-order valence-corrected chi connectivity index (χ4v) is 4.35. The maximum Gasteiger partial charge on any atom is 0.340 e. The molecular formula is C19H25NO5S. The molecule has 0 bridgehead atoms. The number of methoxy groups -OCH3 is 1. The lowest BCUT2D eigenvalue weighted by Gasteiger charge is -2.29. The molecule has 0 unspecified atom stereocenters. The number of carbonyl (C=O) groups excluding carboxylic acids is 2. The van der Waals surface area contributed by atoms with Crippen LogP contribution in [-0.2, 0) is 20.7 Å². The molecule has 0 aliphatic heterocycles. The van der Waals surface area contributed by atoms with Crippen LogP contribution in [0.3, 0.4) is 0 Å². The minimum atomic E-state index is -0.969. The van der Waals surface area contributed by atoms with E-state index in [0.717, 1.165) is 28.9 Å². The van der Waals surface area contributed by atoms with Crippen molar-refractivity contribution in [2.75, 3.05) is 12.4 Å². The number of esters is 1. The number of carbonyl (C=O) groups is 3. The molecule has 0 saturated carbocycles. The Morgan fingerprint density at radius 2 is 1.85 bits per heavy atom. The molecule has 0 saturated heterocycles. The molecule has 1 aliphatic rings. The number of rotatable bonds is 6. The Morgan fingerprint density at radius 1 is 1.23 bits per heavy atom. The van der Waals surface area contributed by atoms with Crippen LogP contribution in [0.15, 0.2) is 17.2 Å². The summed E-state index contributed by atoms with van der Waals surface area (Å²) in [7, 11) is 1.30. The van der Waals surface area contributed by atoms with E-state index in [-0.39, 0.29) is 5.91 Å². The van der Waals surface area contributed by atoms with Gasteiger partial charge in [0.15, 0.2) is 0 Å². The van der Waals surface area contributed by atoms with E-state index in [4.69, 9.17) is 4.74 Å². The minimum absolute atomic E-state index is 0.320. The Morgan fingerprint density at radius 3 is 2.38 bits per heavy atom. The predicted octanol–water partition coefficient (Wildman–Crippen LogP) is 3.87. The van der Waals surface area contributed by atoms with Gasteiger partial charge in [-0.3, -0.25) is 9.59 Å². The average Bonchev–Trinajstić information content (AvgIpc) is 2.98. The van der Waals surface area contributed by atoms with E-state index < -0.39 is 23.8 Å². The third-order valence-corrected chi connectivity index (χ3v) is 5.95. The van der Waals surface area contributed by atoms with Crippen molar-refractivity contribution < 1.29 is 24.2 Å². The van der Waals surface area contributed by atoms with Crippen LogP contribution in [0, 0.1) is 11.8 Å². The van der Waals surface area contributed by atoms with Crippen molar-refractivity contribution in [1.29, 1.82) is 0 Å². The number of thiophene rings is 1.